The fourth-order valence-electron chi connectivity index (χ4n) is 5.98. The van der Waals surface area contributed by atoms with Crippen molar-refractivity contribution in [2.45, 2.75) is 18.9 Å². The zero-order valence-corrected chi connectivity index (χ0v) is 28.2. The summed E-state index contributed by atoms with van der Waals surface area (Å²) in [6, 6.07) is 26.6. The Morgan fingerprint density at radius 1 is 0.857 bits per heavy atom. The fraction of sp³-hybridized carbons (Fsp3) is 0.231. The Hall–Kier alpha value is -5.90. The van der Waals surface area contributed by atoms with Crippen LogP contribution in [0.4, 0.5) is 5.69 Å². The van der Waals surface area contributed by atoms with Gasteiger partial charge in [0.05, 0.1) is 30.7 Å². The molecule has 1 atom stereocenters. The van der Waals surface area contributed by atoms with E-state index in [0.29, 0.717) is 45.0 Å². The first kappa shape index (κ1) is 34.4. The minimum Gasteiger partial charge on any atom is -0.496 e. The maximum atomic E-state index is 13.7. The molecule has 4 aromatic carbocycles. The fourth-order valence-corrected chi connectivity index (χ4v) is 5.98. The number of nitrogens with zero attached hydrogens (tertiary/aromatic N) is 2. The molecule has 0 saturated heterocycles. The van der Waals surface area contributed by atoms with Crippen LogP contribution in [0.2, 0.25) is 0 Å². The summed E-state index contributed by atoms with van der Waals surface area (Å²) >= 11 is 0. The number of rotatable bonds is 12. The van der Waals surface area contributed by atoms with E-state index in [9.17, 15) is 19.2 Å². The van der Waals surface area contributed by atoms with Gasteiger partial charge in [-0.25, -0.2) is 4.79 Å². The lowest BCUT2D eigenvalue weighted by atomic mass is 9.90. The molecule has 0 fully saturated rings. The molecular weight excluding hydrogens is 622 g/mol. The monoisotopic (exact) mass is 661 g/mol. The van der Waals surface area contributed by atoms with Crippen LogP contribution in [-0.2, 0) is 26.2 Å². The number of carbonyl (C=O) groups excluding carboxylic acids is 4. The van der Waals surface area contributed by atoms with Crippen LogP contribution < -0.4 is 10.1 Å². The Bertz CT molecular complexity index is 1940. The number of hydrogen-bond acceptors (Lipinski definition) is 7. The molecule has 3 amide bonds. The molecule has 252 valence electrons. The number of likely N-dealkylation sites (N-methyl/N-ethyl adjacent to an activating group) is 1. The first-order valence-corrected chi connectivity index (χ1v) is 15.8. The van der Waals surface area contributed by atoms with Gasteiger partial charge in [0.15, 0.2) is 0 Å². The van der Waals surface area contributed by atoms with Crippen molar-refractivity contribution >= 4 is 29.4 Å². The van der Waals surface area contributed by atoms with E-state index in [1.54, 1.807) is 89.8 Å². The van der Waals surface area contributed by atoms with Gasteiger partial charge in [-0.15, -0.1) is 0 Å². The highest BCUT2D eigenvalue weighted by atomic mass is 16.5. The minimum atomic E-state index is -1.49. The highest BCUT2D eigenvalue weighted by Gasteiger charge is 2.55. The molecular formula is C39H39N3O7. The lowest BCUT2D eigenvalue weighted by Crippen LogP contribution is -2.52. The Morgan fingerprint density at radius 3 is 2.20 bits per heavy atom. The molecule has 1 aliphatic heterocycles. The molecule has 1 N–H and O–H groups in total. The van der Waals surface area contributed by atoms with Crippen molar-refractivity contribution in [3.8, 4) is 16.9 Å². The summed E-state index contributed by atoms with van der Waals surface area (Å²) in [4.78, 5) is 56.4. The van der Waals surface area contributed by atoms with Gasteiger partial charge in [-0.1, -0.05) is 67.2 Å². The highest BCUT2D eigenvalue weighted by molar-refractivity contribution is 6.12. The first-order chi connectivity index (χ1) is 23.5. The molecule has 1 heterocycles. The Morgan fingerprint density at radius 2 is 1.51 bits per heavy atom. The average molecular weight is 662 g/mol. The second kappa shape index (κ2) is 14.5. The van der Waals surface area contributed by atoms with Gasteiger partial charge < -0.3 is 29.3 Å². The van der Waals surface area contributed by atoms with Crippen LogP contribution in [0.5, 0.6) is 5.75 Å². The second-order valence-corrected chi connectivity index (χ2v) is 11.8. The number of amides is 3. The van der Waals surface area contributed by atoms with Gasteiger partial charge in [0, 0.05) is 49.8 Å². The van der Waals surface area contributed by atoms with Crippen LogP contribution >= 0.6 is 0 Å². The Balaban J connectivity index is 1.39. The molecule has 10 nitrogen and oxygen atoms in total. The van der Waals surface area contributed by atoms with E-state index in [-0.39, 0.29) is 37.0 Å². The third kappa shape index (κ3) is 6.62. The number of allylic oxidation sites excluding steroid dienone is 1. The molecule has 0 aliphatic carbocycles. The maximum absolute atomic E-state index is 13.7. The van der Waals surface area contributed by atoms with Gasteiger partial charge in [-0.2, -0.15) is 0 Å². The molecule has 0 spiro atoms. The second-order valence-electron chi connectivity index (χ2n) is 11.8. The molecule has 0 saturated carbocycles. The van der Waals surface area contributed by atoms with Crippen molar-refractivity contribution < 1.29 is 33.4 Å². The smallest absolute Gasteiger partial charge is 0.340 e. The summed E-state index contributed by atoms with van der Waals surface area (Å²) in [6.07, 6.45) is 0.191. The number of benzene rings is 4. The van der Waals surface area contributed by atoms with Crippen LogP contribution in [0.1, 0.15) is 49.1 Å². The predicted molar refractivity (Wildman–Crippen MR) is 186 cm³/mol. The van der Waals surface area contributed by atoms with E-state index in [4.69, 9.17) is 14.2 Å². The van der Waals surface area contributed by atoms with Gasteiger partial charge in [0.1, 0.15) is 12.4 Å². The number of hydrogen-bond donors (Lipinski definition) is 1. The van der Waals surface area contributed by atoms with Gasteiger partial charge in [0.2, 0.25) is 5.54 Å². The van der Waals surface area contributed by atoms with Crippen molar-refractivity contribution in [2.75, 3.05) is 46.8 Å². The number of para-hydroxylation sites is 1. The first-order valence-electron chi connectivity index (χ1n) is 15.8. The third-order valence-corrected chi connectivity index (χ3v) is 8.52. The average Bonchev–Trinajstić information content (AvgIpc) is 3.33. The van der Waals surface area contributed by atoms with Crippen molar-refractivity contribution in [3.63, 3.8) is 0 Å². The van der Waals surface area contributed by atoms with Crippen LogP contribution in [0.15, 0.2) is 103 Å². The summed E-state index contributed by atoms with van der Waals surface area (Å²) in [5.74, 6) is -0.691. The Kier molecular flexibility index (Phi) is 10.2. The summed E-state index contributed by atoms with van der Waals surface area (Å²) < 4.78 is 17.0. The summed E-state index contributed by atoms with van der Waals surface area (Å²) in [5, 5.41) is 2.93. The van der Waals surface area contributed by atoms with Crippen molar-refractivity contribution in [1.82, 2.24) is 9.80 Å². The number of methoxy groups -OCH3 is 1. The Labute approximate surface area is 285 Å². The van der Waals surface area contributed by atoms with E-state index in [0.717, 1.165) is 5.56 Å². The zero-order valence-electron chi connectivity index (χ0n) is 28.2. The molecule has 0 aromatic heterocycles. The third-order valence-electron chi connectivity index (χ3n) is 8.52. The zero-order chi connectivity index (χ0) is 35.3. The van der Waals surface area contributed by atoms with E-state index in [1.807, 2.05) is 36.4 Å². The molecule has 5 rings (SSSR count). The number of ether oxygens (including phenoxy) is 3. The van der Waals surface area contributed by atoms with Crippen molar-refractivity contribution in [2.24, 2.45) is 0 Å². The normalized spacial score (nSPS) is 14.9. The van der Waals surface area contributed by atoms with E-state index in [1.165, 1.54) is 9.80 Å². The quantitative estimate of drug-likeness (QED) is 0.148. The van der Waals surface area contributed by atoms with E-state index >= 15 is 0 Å². The van der Waals surface area contributed by atoms with Crippen LogP contribution in [0.25, 0.3) is 11.1 Å². The molecule has 1 aliphatic rings. The molecule has 10 heteroatoms. The SMILES string of the molecule is C=C(Cc1ccc(NC(=O)c2ccccc2-c2ccccc2OC)c(C(=O)N(C)C)c1)OC[C@@]1(C(=O)OCC)c2ccccc2C(=O)N1C. The van der Waals surface area contributed by atoms with Crippen LogP contribution in [0.3, 0.4) is 0 Å². The van der Waals surface area contributed by atoms with Gasteiger partial charge in [0.25, 0.3) is 17.7 Å². The molecule has 49 heavy (non-hydrogen) atoms. The number of fused-ring (bicyclic) bond motifs is 1. The van der Waals surface area contributed by atoms with Gasteiger partial charge >= 0.3 is 5.97 Å². The molecule has 0 radical (unpaired) electrons. The number of anilines is 1. The topological polar surface area (TPSA) is 114 Å². The van der Waals surface area contributed by atoms with E-state index < -0.39 is 17.4 Å². The lowest BCUT2D eigenvalue weighted by molar-refractivity contribution is -0.159. The van der Waals surface area contributed by atoms with Crippen LogP contribution in [0, 0.1) is 0 Å². The molecule has 4 aromatic rings. The molecule has 0 unspecified atom stereocenters. The predicted octanol–water partition coefficient (Wildman–Crippen LogP) is 5.93. The summed E-state index contributed by atoms with van der Waals surface area (Å²) in [5.41, 5.74) is 2.55. The number of esters is 1. The number of nitrogens with one attached hydrogen (secondary N) is 1. The summed E-state index contributed by atoms with van der Waals surface area (Å²) in [6.45, 7) is 5.68. The van der Waals surface area contributed by atoms with Crippen molar-refractivity contribution in [1.29, 1.82) is 0 Å². The van der Waals surface area contributed by atoms with Crippen molar-refractivity contribution in [3.05, 3.63) is 131 Å². The maximum Gasteiger partial charge on any atom is 0.340 e. The lowest BCUT2D eigenvalue weighted by Gasteiger charge is -2.34. The largest absolute Gasteiger partial charge is 0.496 e. The van der Waals surface area contributed by atoms with Gasteiger partial charge in [-0.05, 0) is 48.4 Å². The summed E-state index contributed by atoms with van der Waals surface area (Å²) in [7, 11) is 6.39. The van der Waals surface area contributed by atoms with E-state index in [2.05, 4.69) is 11.9 Å². The van der Waals surface area contributed by atoms with Crippen LogP contribution in [-0.4, -0.2) is 75.0 Å². The molecule has 0 bridgehead atoms. The van der Waals surface area contributed by atoms with Gasteiger partial charge in [-0.3, -0.25) is 14.4 Å². The minimum absolute atomic E-state index is 0.128. The number of carbonyl (C=O) groups is 4. The standard InChI is InChI=1S/C39H39N3O7/c1-7-48-38(46)39(32-18-12-10-17-30(32)37(45)42(39)5)24-49-25(2)22-26-20-21-33(31(23-26)36(44)41(3)4)40-35(43)29-16-9-8-14-27(29)28-15-11-13-19-34(28)47-6/h8-21,23H,2,7,22,24H2,1,3-6H3,(H,40,43)/t39-/m0/s1. The highest BCUT2D eigenvalue weighted by Crippen LogP contribution is 2.40.